The lowest BCUT2D eigenvalue weighted by Gasteiger charge is -2.33. The molecule has 2 aromatic carbocycles. The zero-order valence-corrected chi connectivity index (χ0v) is 16.4. The molecule has 144 valence electrons. The summed E-state index contributed by atoms with van der Waals surface area (Å²) >= 11 is 0. The Kier molecular flexibility index (Phi) is 4.55. The molecule has 0 aromatic heterocycles. The first-order valence-electron chi connectivity index (χ1n) is 9.07. The molecule has 4 rings (SSSR count). The molecule has 6 nitrogen and oxygen atoms in total. The predicted octanol–water partition coefficient (Wildman–Crippen LogP) is 3.49. The van der Waals surface area contributed by atoms with Gasteiger partial charge in [-0.1, -0.05) is 18.2 Å². The Bertz CT molecular complexity index is 1000. The van der Waals surface area contributed by atoms with Crippen LogP contribution >= 0.6 is 0 Å². The maximum atomic E-state index is 12.6. The van der Waals surface area contributed by atoms with Gasteiger partial charge in [0.2, 0.25) is 11.8 Å². The minimum Gasteiger partial charge on any atom is -0.493 e. The van der Waals surface area contributed by atoms with Crippen LogP contribution in [0.3, 0.4) is 0 Å². The van der Waals surface area contributed by atoms with Gasteiger partial charge in [0.25, 0.3) is 0 Å². The quantitative estimate of drug-likeness (QED) is 0.820. The molecule has 0 atom stereocenters. The summed E-state index contributed by atoms with van der Waals surface area (Å²) in [6.07, 6.45) is 2.12. The maximum Gasteiger partial charge on any atom is 0.233 e. The first kappa shape index (κ1) is 18.1. The van der Waals surface area contributed by atoms with Crippen LogP contribution in [0.4, 0.5) is 0 Å². The van der Waals surface area contributed by atoms with Gasteiger partial charge in [0, 0.05) is 11.6 Å². The van der Waals surface area contributed by atoms with Crippen molar-refractivity contribution in [1.29, 1.82) is 0 Å². The van der Waals surface area contributed by atoms with Crippen molar-refractivity contribution in [3.05, 3.63) is 58.7 Å². The highest BCUT2D eigenvalue weighted by Gasteiger charge is 2.32. The molecule has 0 fully saturated rings. The fourth-order valence-electron chi connectivity index (χ4n) is 3.58. The molecule has 0 radical (unpaired) electrons. The topological polar surface area (TPSA) is 60.4 Å². The van der Waals surface area contributed by atoms with Gasteiger partial charge >= 0.3 is 0 Å². The van der Waals surface area contributed by atoms with Crippen LogP contribution in [0.25, 0.3) is 5.70 Å². The highest BCUT2D eigenvalue weighted by Crippen LogP contribution is 2.39. The molecule has 0 spiro atoms. The minimum absolute atomic E-state index is 0.000780. The zero-order valence-electron chi connectivity index (χ0n) is 16.4. The van der Waals surface area contributed by atoms with Crippen molar-refractivity contribution in [2.45, 2.75) is 20.3 Å². The van der Waals surface area contributed by atoms with E-state index in [1.54, 1.807) is 19.1 Å². The highest BCUT2D eigenvalue weighted by molar-refractivity contribution is 6.04. The van der Waals surface area contributed by atoms with E-state index in [0.717, 1.165) is 33.7 Å². The van der Waals surface area contributed by atoms with Crippen molar-refractivity contribution >= 4 is 17.5 Å². The average molecular weight is 378 g/mol. The molecule has 2 aromatic rings. The second-order valence-electron chi connectivity index (χ2n) is 6.85. The molecule has 0 unspecified atom stereocenters. The van der Waals surface area contributed by atoms with Crippen molar-refractivity contribution in [3.63, 3.8) is 0 Å². The molecule has 2 aliphatic heterocycles. The van der Waals surface area contributed by atoms with E-state index in [1.165, 1.54) is 0 Å². The molecule has 28 heavy (non-hydrogen) atoms. The number of carbonyl (C=O) groups is 1. The lowest BCUT2D eigenvalue weighted by atomic mass is 9.94. The average Bonchev–Trinajstić information content (AvgIpc) is 2.70. The van der Waals surface area contributed by atoms with Gasteiger partial charge in [-0.15, -0.1) is 0 Å². The summed E-state index contributed by atoms with van der Waals surface area (Å²) < 4.78 is 16.9. The summed E-state index contributed by atoms with van der Waals surface area (Å²) in [5, 5.41) is 0. The van der Waals surface area contributed by atoms with E-state index < -0.39 is 0 Å². The van der Waals surface area contributed by atoms with Crippen LogP contribution in [0, 0.1) is 13.8 Å². The molecule has 1 amide bonds. The number of carbonyl (C=O) groups excluding carboxylic acids is 1. The first-order valence-corrected chi connectivity index (χ1v) is 9.07. The van der Waals surface area contributed by atoms with Gasteiger partial charge < -0.3 is 14.2 Å². The summed E-state index contributed by atoms with van der Waals surface area (Å²) in [7, 11) is 3.19. The van der Waals surface area contributed by atoms with Gasteiger partial charge in [-0.05, 0) is 42.7 Å². The van der Waals surface area contributed by atoms with E-state index in [9.17, 15) is 4.79 Å². The number of para-hydroxylation sites is 1. The maximum absolute atomic E-state index is 12.6. The fraction of sp³-hybridized carbons (Fsp3) is 0.273. The minimum atomic E-state index is 0.000780. The second-order valence-corrected chi connectivity index (χ2v) is 6.85. The number of aliphatic imine (C=N–C) groups is 1. The number of ether oxygens (including phenoxy) is 3. The van der Waals surface area contributed by atoms with Crippen molar-refractivity contribution in [2.24, 2.45) is 4.99 Å². The molecule has 2 heterocycles. The number of benzene rings is 2. The third-order valence-electron chi connectivity index (χ3n) is 5.06. The second kappa shape index (κ2) is 7.03. The lowest BCUT2D eigenvalue weighted by molar-refractivity contribution is -0.127. The van der Waals surface area contributed by atoms with Crippen molar-refractivity contribution < 1.29 is 19.0 Å². The normalized spacial score (nSPS) is 15.3. The van der Waals surface area contributed by atoms with E-state index in [-0.39, 0.29) is 12.6 Å². The summed E-state index contributed by atoms with van der Waals surface area (Å²) in [6.45, 7) is 4.24. The first-order chi connectivity index (χ1) is 13.5. The number of hydrogen-bond acceptors (Lipinski definition) is 5. The van der Waals surface area contributed by atoms with Crippen molar-refractivity contribution in [1.82, 2.24) is 4.90 Å². The van der Waals surface area contributed by atoms with Crippen LogP contribution < -0.4 is 14.2 Å². The molecule has 0 saturated heterocycles. The largest absolute Gasteiger partial charge is 0.493 e. The van der Waals surface area contributed by atoms with E-state index in [4.69, 9.17) is 14.2 Å². The molecule has 0 saturated carbocycles. The Morgan fingerprint density at radius 2 is 1.71 bits per heavy atom. The van der Waals surface area contributed by atoms with Gasteiger partial charge in [0.15, 0.2) is 11.5 Å². The lowest BCUT2D eigenvalue weighted by Crippen LogP contribution is -2.38. The number of rotatable bonds is 3. The molecule has 0 aliphatic carbocycles. The number of hydrogen-bond donors (Lipinski definition) is 0. The van der Waals surface area contributed by atoms with E-state index in [1.807, 2.05) is 50.3 Å². The Balaban J connectivity index is 1.76. The monoisotopic (exact) mass is 378 g/mol. The van der Waals surface area contributed by atoms with E-state index in [0.29, 0.717) is 23.8 Å². The number of methoxy groups -OCH3 is 2. The molecular formula is C22H22N2O4. The zero-order chi connectivity index (χ0) is 19.8. The summed E-state index contributed by atoms with van der Waals surface area (Å²) in [4.78, 5) is 18.8. The van der Waals surface area contributed by atoms with Gasteiger partial charge in [0.05, 0.1) is 26.3 Å². The van der Waals surface area contributed by atoms with Gasteiger partial charge in [-0.3, -0.25) is 9.69 Å². The van der Waals surface area contributed by atoms with Crippen LogP contribution in [0.5, 0.6) is 17.2 Å². The smallest absolute Gasteiger partial charge is 0.233 e. The third kappa shape index (κ3) is 3.01. The van der Waals surface area contributed by atoms with Crippen LogP contribution in [0.2, 0.25) is 0 Å². The number of amides is 1. The summed E-state index contributed by atoms with van der Waals surface area (Å²) in [5.74, 6) is 2.51. The molecule has 0 N–H and O–H groups in total. The molecule has 6 heteroatoms. The summed E-state index contributed by atoms with van der Waals surface area (Å²) in [5.41, 5.74) is 4.67. The Morgan fingerprint density at radius 3 is 2.39 bits per heavy atom. The number of fused-ring (bicyclic) bond motifs is 3. The Labute approximate surface area is 164 Å². The standard InChI is InChI=1S/C22H22N2O4/c1-13-6-5-7-14(2)22(13)28-20-11-17-16-10-19(27-4)18(26-3)8-15(16)9-21(25)24(17)12-23-20/h5-8,10-11H,9,12H2,1-4H3. The van der Waals surface area contributed by atoms with Crippen LogP contribution in [0.15, 0.2) is 41.4 Å². The Morgan fingerprint density at radius 1 is 1.04 bits per heavy atom. The fourth-order valence-corrected chi connectivity index (χ4v) is 3.58. The summed E-state index contributed by atoms with van der Waals surface area (Å²) in [6, 6.07) is 9.77. The Hall–Kier alpha value is -3.28. The highest BCUT2D eigenvalue weighted by atomic mass is 16.5. The number of nitrogens with zero attached hydrogens (tertiary/aromatic N) is 2. The SMILES string of the molecule is COc1cc2c(cc1OC)C1=CC(Oc3c(C)cccc3C)=NCN1C(=O)C2. The van der Waals surface area contributed by atoms with Gasteiger partial charge in [-0.25, -0.2) is 4.99 Å². The predicted molar refractivity (Wildman–Crippen MR) is 107 cm³/mol. The van der Waals surface area contributed by atoms with Crippen LogP contribution in [0.1, 0.15) is 22.3 Å². The van der Waals surface area contributed by atoms with Gasteiger partial charge in [-0.2, -0.15) is 0 Å². The molecular weight excluding hydrogens is 356 g/mol. The van der Waals surface area contributed by atoms with Crippen LogP contribution in [-0.2, 0) is 11.2 Å². The van der Waals surface area contributed by atoms with E-state index in [2.05, 4.69) is 4.99 Å². The van der Waals surface area contributed by atoms with E-state index >= 15 is 0 Å². The van der Waals surface area contributed by atoms with Gasteiger partial charge in [0.1, 0.15) is 12.4 Å². The van der Waals surface area contributed by atoms with Crippen LogP contribution in [-0.4, -0.2) is 37.6 Å². The molecule has 2 aliphatic rings. The number of aryl methyl sites for hydroxylation is 2. The third-order valence-corrected chi connectivity index (χ3v) is 5.06. The molecule has 0 bridgehead atoms. The van der Waals surface area contributed by atoms with Crippen molar-refractivity contribution in [2.75, 3.05) is 20.9 Å². The van der Waals surface area contributed by atoms with Crippen molar-refractivity contribution in [3.8, 4) is 17.2 Å².